The summed E-state index contributed by atoms with van der Waals surface area (Å²) >= 11 is 0. The van der Waals surface area contributed by atoms with Gasteiger partial charge in [0.1, 0.15) is 0 Å². The Kier molecular flexibility index (Phi) is 3.48. The fraction of sp³-hybridized carbons (Fsp3) is 0.800. The third-order valence-electron chi connectivity index (χ3n) is 7.45. The molecule has 2 heteroatoms. The summed E-state index contributed by atoms with van der Waals surface area (Å²) in [5.74, 6) is 0.374. The lowest BCUT2D eigenvalue weighted by Gasteiger charge is -2.64. The van der Waals surface area contributed by atoms with Crippen molar-refractivity contribution in [2.45, 2.75) is 77.9 Å². The topological polar surface area (TPSA) is 40.5 Å². The Morgan fingerprint density at radius 1 is 1.14 bits per heavy atom. The first kappa shape index (κ1) is 16.3. The number of hydrogen-bond donors (Lipinski definition) is 2. The van der Waals surface area contributed by atoms with Crippen LogP contribution in [0.1, 0.15) is 66.2 Å². The molecule has 0 bridgehead atoms. The Balaban J connectivity index is 2.12. The molecule has 0 aliphatic heterocycles. The van der Waals surface area contributed by atoms with Crippen molar-refractivity contribution < 1.29 is 10.2 Å². The predicted octanol–water partition coefficient (Wildman–Crippen LogP) is 4.23. The fourth-order valence-corrected chi connectivity index (χ4v) is 5.84. The fourth-order valence-electron chi connectivity index (χ4n) is 5.84. The average Bonchev–Trinajstić information content (AvgIpc) is 2.44. The maximum absolute atomic E-state index is 11.7. The van der Waals surface area contributed by atoms with Gasteiger partial charge in [-0.25, -0.2) is 0 Å². The van der Waals surface area contributed by atoms with Gasteiger partial charge >= 0.3 is 0 Å². The zero-order valence-corrected chi connectivity index (χ0v) is 14.7. The van der Waals surface area contributed by atoms with Crippen LogP contribution < -0.4 is 0 Å². The minimum Gasteiger partial charge on any atom is -0.389 e. The Labute approximate surface area is 135 Å². The number of hydrogen-bond acceptors (Lipinski definition) is 2. The van der Waals surface area contributed by atoms with Crippen molar-refractivity contribution in [2.75, 3.05) is 0 Å². The summed E-state index contributed by atoms with van der Waals surface area (Å²) in [4.78, 5) is 0. The van der Waals surface area contributed by atoms with E-state index in [1.54, 1.807) is 0 Å². The monoisotopic (exact) mass is 304 g/mol. The predicted molar refractivity (Wildman–Crippen MR) is 90.4 cm³/mol. The van der Waals surface area contributed by atoms with E-state index in [4.69, 9.17) is 0 Å². The second-order valence-electron chi connectivity index (χ2n) is 9.23. The summed E-state index contributed by atoms with van der Waals surface area (Å²) in [6.07, 6.45) is 9.43. The molecule has 0 aromatic rings. The summed E-state index contributed by atoms with van der Waals surface area (Å²) in [6, 6.07) is 0. The van der Waals surface area contributed by atoms with Gasteiger partial charge in [-0.05, 0) is 49.0 Å². The molecule has 0 saturated heterocycles. The van der Waals surface area contributed by atoms with Crippen LogP contribution in [0.2, 0.25) is 0 Å². The van der Waals surface area contributed by atoms with Gasteiger partial charge in [0.25, 0.3) is 0 Å². The number of aliphatic hydroxyl groups excluding tert-OH is 1. The molecule has 2 nitrogen and oxygen atoms in total. The highest BCUT2D eigenvalue weighted by atomic mass is 16.3. The summed E-state index contributed by atoms with van der Waals surface area (Å²) in [5.41, 5.74) is -0.0139. The van der Waals surface area contributed by atoms with Crippen LogP contribution in [0, 0.1) is 22.2 Å². The van der Waals surface area contributed by atoms with Crippen molar-refractivity contribution in [3.05, 3.63) is 24.3 Å². The smallest absolute Gasteiger partial charge is 0.0938 e. The van der Waals surface area contributed by atoms with Crippen LogP contribution in [-0.4, -0.2) is 21.9 Å². The van der Waals surface area contributed by atoms with E-state index in [9.17, 15) is 10.2 Å². The van der Waals surface area contributed by atoms with Crippen molar-refractivity contribution in [1.29, 1.82) is 0 Å². The standard InChI is InChI=1S/C20H32O2/c1-6-18(4)10-11-20(22)14(13-18)15(21)12-16-17(2,3)8-7-9-19(16,20)5/h6,13,15-16,21-22H,1,7-12H2,2-5H3. The first-order valence-corrected chi connectivity index (χ1v) is 8.85. The Morgan fingerprint density at radius 2 is 1.82 bits per heavy atom. The van der Waals surface area contributed by atoms with Crippen LogP contribution in [-0.2, 0) is 0 Å². The third kappa shape index (κ3) is 1.99. The molecule has 2 fully saturated rings. The molecule has 3 aliphatic rings. The Hall–Kier alpha value is -0.600. The van der Waals surface area contributed by atoms with Gasteiger partial charge in [-0.15, -0.1) is 6.58 Å². The van der Waals surface area contributed by atoms with E-state index in [-0.39, 0.29) is 16.2 Å². The minimum absolute atomic E-state index is 0.101. The molecule has 5 unspecified atom stereocenters. The second-order valence-corrected chi connectivity index (χ2v) is 9.23. The highest BCUT2D eigenvalue weighted by Crippen LogP contribution is 2.65. The van der Waals surface area contributed by atoms with Gasteiger partial charge in [-0.3, -0.25) is 0 Å². The number of fused-ring (bicyclic) bond motifs is 3. The Morgan fingerprint density at radius 3 is 2.45 bits per heavy atom. The number of allylic oxidation sites excluding steroid dienone is 2. The quantitative estimate of drug-likeness (QED) is 0.712. The SMILES string of the molecule is C=CC1(C)C=C2C(O)CC3C(C)(C)CCCC3(C)C2(O)CC1. The normalized spacial score (nSPS) is 50.5. The van der Waals surface area contributed by atoms with Gasteiger partial charge in [0.15, 0.2) is 0 Å². The molecule has 0 aromatic carbocycles. The van der Waals surface area contributed by atoms with Gasteiger partial charge in [0, 0.05) is 10.8 Å². The van der Waals surface area contributed by atoms with Crippen LogP contribution in [0.4, 0.5) is 0 Å². The average molecular weight is 304 g/mol. The lowest BCUT2D eigenvalue weighted by Crippen LogP contribution is -2.64. The summed E-state index contributed by atoms with van der Waals surface area (Å²) < 4.78 is 0. The maximum atomic E-state index is 11.7. The molecule has 0 spiro atoms. The van der Waals surface area contributed by atoms with Crippen molar-refractivity contribution in [3.63, 3.8) is 0 Å². The molecule has 2 N–H and O–H groups in total. The number of aliphatic hydroxyl groups is 2. The molecule has 22 heavy (non-hydrogen) atoms. The van der Waals surface area contributed by atoms with E-state index in [0.717, 1.165) is 31.3 Å². The van der Waals surface area contributed by atoms with E-state index >= 15 is 0 Å². The van der Waals surface area contributed by atoms with Crippen LogP contribution in [0.15, 0.2) is 24.3 Å². The lowest BCUT2D eigenvalue weighted by atomic mass is 9.43. The summed E-state index contributed by atoms with van der Waals surface area (Å²) in [6.45, 7) is 13.0. The zero-order chi connectivity index (χ0) is 16.4. The Bertz CT molecular complexity index is 520. The van der Waals surface area contributed by atoms with Crippen LogP contribution in [0.5, 0.6) is 0 Å². The van der Waals surface area contributed by atoms with Gasteiger partial charge in [0.2, 0.25) is 0 Å². The lowest BCUT2D eigenvalue weighted by molar-refractivity contribution is -0.181. The molecule has 3 rings (SSSR count). The summed E-state index contributed by atoms with van der Waals surface area (Å²) in [7, 11) is 0. The van der Waals surface area contributed by atoms with E-state index < -0.39 is 11.7 Å². The van der Waals surface area contributed by atoms with Crippen LogP contribution in [0.25, 0.3) is 0 Å². The molecular formula is C20H32O2. The first-order chi connectivity index (χ1) is 10.1. The highest BCUT2D eigenvalue weighted by molar-refractivity contribution is 5.36. The van der Waals surface area contributed by atoms with Crippen molar-refractivity contribution in [3.8, 4) is 0 Å². The molecular weight excluding hydrogens is 272 g/mol. The summed E-state index contributed by atoms with van der Waals surface area (Å²) in [5, 5.41) is 22.5. The molecule has 5 atom stereocenters. The van der Waals surface area contributed by atoms with E-state index in [0.29, 0.717) is 5.92 Å². The van der Waals surface area contributed by atoms with Gasteiger partial charge < -0.3 is 10.2 Å². The third-order valence-corrected chi connectivity index (χ3v) is 7.45. The molecule has 0 aromatic heterocycles. The van der Waals surface area contributed by atoms with Crippen LogP contribution in [0.3, 0.4) is 0 Å². The van der Waals surface area contributed by atoms with Crippen molar-refractivity contribution in [2.24, 2.45) is 22.2 Å². The molecule has 3 aliphatic carbocycles. The zero-order valence-electron chi connectivity index (χ0n) is 14.7. The van der Waals surface area contributed by atoms with Gasteiger partial charge in [-0.2, -0.15) is 0 Å². The largest absolute Gasteiger partial charge is 0.389 e. The van der Waals surface area contributed by atoms with Crippen LogP contribution >= 0.6 is 0 Å². The highest BCUT2D eigenvalue weighted by Gasteiger charge is 2.63. The molecule has 0 radical (unpaired) electrons. The molecule has 124 valence electrons. The van der Waals surface area contributed by atoms with Gasteiger partial charge in [0.05, 0.1) is 11.7 Å². The van der Waals surface area contributed by atoms with Crippen molar-refractivity contribution >= 4 is 0 Å². The van der Waals surface area contributed by atoms with Crippen molar-refractivity contribution in [1.82, 2.24) is 0 Å². The van der Waals surface area contributed by atoms with E-state index in [1.807, 2.05) is 6.08 Å². The minimum atomic E-state index is -0.852. The molecule has 0 heterocycles. The van der Waals surface area contributed by atoms with E-state index in [2.05, 4.69) is 40.3 Å². The number of rotatable bonds is 1. The molecule has 2 saturated carbocycles. The molecule has 0 amide bonds. The first-order valence-electron chi connectivity index (χ1n) is 8.85. The second kappa shape index (κ2) is 4.70. The van der Waals surface area contributed by atoms with Gasteiger partial charge in [-0.1, -0.05) is 46.3 Å². The maximum Gasteiger partial charge on any atom is 0.0938 e. The van der Waals surface area contributed by atoms with E-state index in [1.165, 1.54) is 12.8 Å².